The van der Waals surface area contributed by atoms with E-state index in [0.717, 1.165) is 0 Å². The van der Waals surface area contributed by atoms with Gasteiger partial charge in [-0.25, -0.2) is 4.79 Å². The molecule has 0 aliphatic carbocycles. The van der Waals surface area contributed by atoms with Crippen LogP contribution in [0.25, 0.3) is 0 Å². The number of ether oxygens (including phenoxy) is 1. The van der Waals surface area contributed by atoms with Gasteiger partial charge in [0, 0.05) is 10.5 Å². The minimum atomic E-state index is -1.30. The summed E-state index contributed by atoms with van der Waals surface area (Å²) in [6, 6.07) is 8.48. The minimum absolute atomic E-state index is 0.105. The molecule has 0 fully saturated rings. The molecule has 2 aromatic rings. The number of carboxylic acid groups (broad SMARTS) is 1. The molecule has 1 heterocycles. The fourth-order valence-electron chi connectivity index (χ4n) is 1.77. The lowest BCUT2D eigenvalue weighted by molar-refractivity contribution is 0.0659. The molecule has 0 saturated heterocycles. The third-order valence-corrected chi connectivity index (χ3v) is 4.10. The van der Waals surface area contributed by atoms with E-state index >= 15 is 0 Å². The van der Waals surface area contributed by atoms with Gasteiger partial charge in [-0.1, -0.05) is 0 Å². The second-order valence-electron chi connectivity index (χ2n) is 4.20. The van der Waals surface area contributed by atoms with Crippen molar-refractivity contribution in [2.24, 2.45) is 0 Å². The van der Waals surface area contributed by atoms with Crippen molar-refractivity contribution in [2.75, 3.05) is 7.11 Å². The van der Waals surface area contributed by atoms with Crippen LogP contribution in [-0.2, 0) is 16.6 Å². The first-order valence-electron chi connectivity index (χ1n) is 5.86. The van der Waals surface area contributed by atoms with E-state index in [9.17, 15) is 9.00 Å². The molecule has 20 heavy (non-hydrogen) atoms. The van der Waals surface area contributed by atoms with Gasteiger partial charge >= 0.3 is 5.97 Å². The highest BCUT2D eigenvalue weighted by atomic mass is 32.2. The first-order chi connectivity index (χ1) is 9.51. The Morgan fingerprint density at radius 1 is 1.35 bits per heavy atom. The summed E-state index contributed by atoms with van der Waals surface area (Å²) in [7, 11) is 0.265. The second kappa shape index (κ2) is 5.92. The highest BCUT2D eigenvalue weighted by Gasteiger charge is 2.16. The highest BCUT2D eigenvalue weighted by molar-refractivity contribution is 7.84. The van der Waals surface area contributed by atoms with Crippen LogP contribution in [0.15, 0.2) is 39.6 Å². The van der Waals surface area contributed by atoms with E-state index in [1.165, 1.54) is 0 Å². The second-order valence-corrected chi connectivity index (χ2v) is 5.65. The number of benzene rings is 1. The number of aryl methyl sites for hydroxylation is 1. The van der Waals surface area contributed by atoms with Gasteiger partial charge in [0.1, 0.15) is 11.5 Å². The Morgan fingerprint density at radius 2 is 2.00 bits per heavy atom. The Kier molecular flexibility index (Phi) is 4.24. The van der Waals surface area contributed by atoms with Crippen LogP contribution in [0.4, 0.5) is 0 Å². The van der Waals surface area contributed by atoms with Crippen molar-refractivity contribution >= 4 is 16.8 Å². The molecule has 1 aromatic heterocycles. The lowest BCUT2D eigenvalue weighted by Gasteiger charge is -2.02. The lowest BCUT2D eigenvalue weighted by Crippen LogP contribution is -1.96. The zero-order valence-corrected chi connectivity index (χ0v) is 11.9. The average molecular weight is 294 g/mol. The van der Waals surface area contributed by atoms with Crippen molar-refractivity contribution in [3.05, 3.63) is 47.4 Å². The van der Waals surface area contributed by atoms with Crippen molar-refractivity contribution in [3.63, 3.8) is 0 Å². The van der Waals surface area contributed by atoms with Crippen LogP contribution in [0.2, 0.25) is 0 Å². The molecule has 5 nitrogen and oxygen atoms in total. The predicted octanol–water partition coefficient (Wildman–Crippen LogP) is 2.60. The van der Waals surface area contributed by atoms with Crippen LogP contribution < -0.4 is 4.74 Å². The Morgan fingerprint density at radius 3 is 2.50 bits per heavy atom. The molecule has 106 valence electrons. The van der Waals surface area contributed by atoms with Crippen molar-refractivity contribution in [1.29, 1.82) is 0 Å². The average Bonchev–Trinajstić information content (AvgIpc) is 2.79. The molecule has 6 heteroatoms. The molecule has 1 N–H and O–H groups in total. The fraction of sp³-hybridized carbons (Fsp3) is 0.214. The lowest BCUT2D eigenvalue weighted by atomic mass is 10.3. The maximum absolute atomic E-state index is 12.2. The molecule has 1 aromatic carbocycles. The van der Waals surface area contributed by atoms with Gasteiger partial charge in [0.25, 0.3) is 0 Å². The van der Waals surface area contributed by atoms with E-state index in [-0.39, 0.29) is 11.5 Å². The molecule has 0 bridgehead atoms. The van der Waals surface area contributed by atoms with Gasteiger partial charge in [-0.15, -0.1) is 0 Å². The van der Waals surface area contributed by atoms with Crippen LogP contribution in [0, 0.1) is 6.92 Å². The first-order valence-corrected chi connectivity index (χ1v) is 7.18. The van der Waals surface area contributed by atoms with Crippen LogP contribution in [-0.4, -0.2) is 22.4 Å². The molecule has 0 radical (unpaired) electrons. The van der Waals surface area contributed by atoms with Crippen molar-refractivity contribution in [2.45, 2.75) is 17.6 Å². The molecule has 2 rings (SSSR count). The van der Waals surface area contributed by atoms with Gasteiger partial charge in [-0.3, -0.25) is 4.21 Å². The maximum atomic E-state index is 12.2. The summed E-state index contributed by atoms with van der Waals surface area (Å²) in [4.78, 5) is 11.5. The molecule has 0 aliphatic heterocycles. The summed E-state index contributed by atoms with van der Waals surface area (Å²) >= 11 is 0. The van der Waals surface area contributed by atoms with Gasteiger partial charge in [0.15, 0.2) is 0 Å². The van der Waals surface area contributed by atoms with Crippen LogP contribution in [0.1, 0.15) is 21.9 Å². The van der Waals surface area contributed by atoms with Crippen molar-refractivity contribution < 1.29 is 23.3 Å². The number of carbonyl (C=O) groups is 1. The normalized spacial score (nSPS) is 12.1. The number of hydrogen-bond donors (Lipinski definition) is 1. The molecule has 1 unspecified atom stereocenters. The van der Waals surface area contributed by atoms with E-state index in [1.807, 2.05) is 0 Å². The zero-order chi connectivity index (χ0) is 14.7. The Balaban J connectivity index is 2.14. The van der Waals surface area contributed by atoms with Crippen molar-refractivity contribution in [1.82, 2.24) is 0 Å². The fourth-order valence-corrected chi connectivity index (χ4v) is 2.78. The summed E-state index contributed by atoms with van der Waals surface area (Å²) in [5.74, 6) is -0.00185. The molecule has 1 atom stereocenters. The van der Waals surface area contributed by atoms with E-state index in [0.29, 0.717) is 22.0 Å². The Hall–Kier alpha value is -2.08. The monoisotopic (exact) mass is 294 g/mol. The molecular weight excluding hydrogens is 280 g/mol. The van der Waals surface area contributed by atoms with Gasteiger partial charge in [-0.05, 0) is 37.3 Å². The number of furan rings is 1. The minimum Gasteiger partial charge on any atom is -0.497 e. The van der Waals surface area contributed by atoms with Gasteiger partial charge < -0.3 is 14.3 Å². The standard InChI is InChI=1S/C14H14O5S/c1-9-7-11(19-13(9)14(15)16)8-20(17)12-5-3-10(18-2)4-6-12/h3-7H,8H2,1-2H3,(H,15,16). The van der Waals surface area contributed by atoms with E-state index < -0.39 is 16.8 Å². The largest absolute Gasteiger partial charge is 0.497 e. The third kappa shape index (κ3) is 3.08. The smallest absolute Gasteiger partial charge is 0.372 e. The number of rotatable bonds is 5. The van der Waals surface area contributed by atoms with Crippen LogP contribution in [0.3, 0.4) is 0 Å². The maximum Gasteiger partial charge on any atom is 0.372 e. The summed E-state index contributed by atoms with van der Waals surface area (Å²) in [5, 5.41) is 8.90. The summed E-state index contributed by atoms with van der Waals surface area (Å²) in [6.07, 6.45) is 0. The molecular formula is C14H14O5S. The summed E-state index contributed by atoms with van der Waals surface area (Å²) < 4.78 is 22.4. The molecule has 0 aliphatic rings. The van der Waals surface area contributed by atoms with E-state index in [2.05, 4.69) is 0 Å². The number of carboxylic acids is 1. The Bertz CT molecular complexity index is 642. The number of hydrogen-bond acceptors (Lipinski definition) is 4. The molecule has 0 amide bonds. The molecule has 0 spiro atoms. The topological polar surface area (TPSA) is 76.7 Å². The van der Waals surface area contributed by atoms with Crippen LogP contribution >= 0.6 is 0 Å². The number of aromatic carboxylic acids is 1. The first kappa shape index (κ1) is 14.3. The predicted molar refractivity (Wildman–Crippen MR) is 73.5 cm³/mol. The zero-order valence-electron chi connectivity index (χ0n) is 11.1. The van der Waals surface area contributed by atoms with Crippen LogP contribution in [0.5, 0.6) is 5.75 Å². The van der Waals surface area contributed by atoms with Gasteiger partial charge in [0.05, 0.1) is 23.7 Å². The van der Waals surface area contributed by atoms with E-state index in [1.54, 1.807) is 44.4 Å². The van der Waals surface area contributed by atoms with E-state index in [4.69, 9.17) is 14.3 Å². The summed E-state index contributed by atoms with van der Waals surface area (Å²) in [6.45, 7) is 1.65. The SMILES string of the molecule is COc1ccc(S(=O)Cc2cc(C)c(C(=O)O)o2)cc1. The highest BCUT2D eigenvalue weighted by Crippen LogP contribution is 2.20. The third-order valence-electron chi connectivity index (χ3n) is 2.76. The quantitative estimate of drug-likeness (QED) is 0.917. The Labute approximate surface area is 118 Å². The molecule has 0 saturated carbocycles. The van der Waals surface area contributed by atoms with Crippen molar-refractivity contribution in [3.8, 4) is 5.75 Å². The van der Waals surface area contributed by atoms with Gasteiger partial charge in [-0.2, -0.15) is 0 Å². The van der Waals surface area contributed by atoms with Gasteiger partial charge in [0.2, 0.25) is 5.76 Å². The number of methoxy groups -OCH3 is 1. The summed E-state index contributed by atoms with van der Waals surface area (Å²) in [5.41, 5.74) is 0.527.